The molecule has 0 unspecified atom stereocenters. The topological polar surface area (TPSA) is 48.8 Å². The Morgan fingerprint density at radius 3 is 2.81 bits per heavy atom. The summed E-state index contributed by atoms with van der Waals surface area (Å²) in [7, 11) is 0. The monoisotopic (exact) mass is 251 g/mol. The molecule has 84 valence electrons. The van der Waals surface area contributed by atoms with E-state index in [0.717, 1.165) is 11.5 Å². The summed E-state index contributed by atoms with van der Waals surface area (Å²) in [6.07, 6.45) is 0. The maximum Gasteiger partial charge on any atom is 0.107 e. The maximum absolute atomic E-state index is 8.68. The first-order valence-corrected chi connectivity index (χ1v) is 7.16. The Labute approximate surface area is 104 Å². The van der Waals surface area contributed by atoms with Crippen LogP contribution in [0.4, 0.5) is 0 Å². The van der Waals surface area contributed by atoms with E-state index < -0.39 is 0 Å². The van der Waals surface area contributed by atoms with Crippen molar-refractivity contribution in [2.75, 3.05) is 11.5 Å². The second kappa shape index (κ2) is 5.04. The lowest BCUT2D eigenvalue weighted by molar-refractivity contribution is 0.648. The fraction of sp³-hybridized carbons (Fsp3) is 0.455. The Morgan fingerprint density at radius 1 is 1.38 bits per heavy atom. The summed E-state index contributed by atoms with van der Waals surface area (Å²) in [6.45, 7) is 2.03. The molecule has 1 aromatic carbocycles. The highest BCUT2D eigenvalue weighted by molar-refractivity contribution is 8.07. The molecule has 1 aromatic rings. The molecule has 0 aromatic heterocycles. The van der Waals surface area contributed by atoms with Crippen molar-refractivity contribution in [2.24, 2.45) is 5.11 Å². The fourth-order valence-corrected chi connectivity index (χ4v) is 4.71. The SMILES string of the molecule is C[C@@]1(N=[N+]=[N-])SCCS[C@H]1c1ccccc1. The molecule has 2 atom stereocenters. The van der Waals surface area contributed by atoms with Gasteiger partial charge in [0.25, 0.3) is 0 Å². The van der Waals surface area contributed by atoms with E-state index in [2.05, 4.69) is 22.2 Å². The van der Waals surface area contributed by atoms with E-state index in [4.69, 9.17) is 5.53 Å². The van der Waals surface area contributed by atoms with Crippen molar-refractivity contribution >= 4 is 23.5 Å². The van der Waals surface area contributed by atoms with E-state index in [1.165, 1.54) is 5.56 Å². The van der Waals surface area contributed by atoms with Crippen LogP contribution < -0.4 is 0 Å². The third-order valence-electron chi connectivity index (χ3n) is 2.59. The summed E-state index contributed by atoms with van der Waals surface area (Å²) >= 11 is 3.63. The first kappa shape index (κ1) is 11.7. The van der Waals surface area contributed by atoms with Crippen LogP contribution in [0.1, 0.15) is 17.7 Å². The van der Waals surface area contributed by atoms with Crippen molar-refractivity contribution in [3.05, 3.63) is 46.3 Å². The molecule has 0 saturated carbocycles. The normalized spacial score (nSPS) is 29.4. The number of azide groups is 1. The van der Waals surface area contributed by atoms with Crippen molar-refractivity contribution in [2.45, 2.75) is 17.0 Å². The van der Waals surface area contributed by atoms with E-state index in [-0.39, 0.29) is 10.1 Å². The zero-order chi connectivity index (χ0) is 11.4. The first-order valence-electron chi connectivity index (χ1n) is 5.13. The van der Waals surface area contributed by atoms with Gasteiger partial charge in [0.05, 0.1) is 0 Å². The Morgan fingerprint density at radius 2 is 2.12 bits per heavy atom. The van der Waals surface area contributed by atoms with Gasteiger partial charge in [-0.05, 0) is 18.0 Å². The van der Waals surface area contributed by atoms with Gasteiger partial charge in [-0.1, -0.05) is 35.4 Å². The van der Waals surface area contributed by atoms with Crippen LogP contribution in [-0.4, -0.2) is 16.4 Å². The van der Waals surface area contributed by atoms with E-state index >= 15 is 0 Å². The number of nitrogens with zero attached hydrogens (tertiary/aromatic N) is 3. The Kier molecular flexibility index (Phi) is 3.69. The minimum Gasteiger partial charge on any atom is -0.151 e. The minimum absolute atomic E-state index is 0.253. The van der Waals surface area contributed by atoms with Crippen LogP contribution in [0.15, 0.2) is 35.4 Å². The third kappa shape index (κ3) is 2.32. The van der Waals surface area contributed by atoms with Gasteiger partial charge in [0, 0.05) is 21.7 Å². The van der Waals surface area contributed by atoms with Gasteiger partial charge >= 0.3 is 0 Å². The maximum atomic E-state index is 8.68. The third-order valence-corrected chi connectivity index (χ3v) is 5.82. The Balaban J connectivity index is 2.33. The largest absolute Gasteiger partial charge is 0.151 e. The summed E-state index contributed by atoms with van der Waals surface area (Å²) in [4.78, 5) is 2.64. The Bertz CT molecular complexity index is 403. The van der Waals surface area contributed by atoms with Gasteiger partial charge in [-0.15, -0.1) is 11.8 Å². The molecule has 1 fully saturated rings. The highest BCUT2D eigenvalue weighted by Crippen LogP contribution is 2.51. The summed E-state index contributed by atoms with van der Waals surface area (Å²) in [5.41, 5.74) is 9.93. The number of benzene rings is 1. The van der Waals surface area contributed by atoms with Crippen LogP contribution in [0, 0.1) is 0 Å². The average molecular weight is 251 g/mol. The fourth-order valence-electron chi connectivity index (χ4n) is 1.85. The first-order chi connectivity index (χ1) is 7.76. The minimum atomic E-state index is -0.362. The lowest BCUT2D eigenvalue weighted by Gasteiger charge is -2.36. The molecule has 0 aliphatic carbocycles. The number of hydrogen-bond acceptors (Lipinski definition) is 3. The van der Waals surface area contributed by atoms with Crippen LogP contribution in [0.25, 0.3) is 10.4 Å². The summed E-state index contributed by atoms with van der Waals surface area (Å²) in [6, 6.07) is 10.3. The number of rotatable bonds is 2. The van der Waals surface area contributed by atoms with Crippen molar-refractivity contribution < 1.29 is 0 Å². The molecule has 1 aliphatic heterocycles. The summed E-state index contributed by atoms with van der Waals surface area (Å²) in [5.74, 6) is 2.16. The smallest absolute Gasteiger partial charge is 0.107 e. The quantitative estimate of drug-likeness (QED) is 0.448. The van der Waals surface area contributed by atoms with E-state index in [1.54, 1.807) is 11.8 Å². The number of thioether (sulfide) groups is 2. The van der Waals surface area contributed by atoms with E-state index in [0.29, 0.717) is 0 Å². The molecule has 0 spiro atoms. The van der Waals surface area contributed by atoms with E-state index in [9.17, 15) is 0 Å². The molecule has 1 saturated heterocycles. The predicted octanol–water partition coefficient (Wildman–Crippen LogP) is 4.23. The molecule has 1 aliphatic rings. The lowest BCUT2D eigenvalue weighted by Crippen LogP contribution is -2.29. The molecule has 0 bridgehead atoms. The molecule has 0 N–H and O–H groups in total. The average Bonchev–Trinajstić information content (AvgIpc) is 2.31. The second-order valence-electron chi connectivity index (χ2n) is 3.75. The molecule has 16 heavy (non-hydrogen) atoms. The second-order valence-corrected chi connectivity index (χ2v) is 6.49. The van der Waals surface area contributed by atoms with Crippen molar-refractivity contribution in [1.82, 2.24) is 0 Å². The molecule has 2 rings (SSSR count). The summed E-state index contributed by atoms with van der Waals surface area (Å²) < 4.78 is 0. The zero-order valence-corrected chi connectivity index (χ0v) is 10.7. The van der Waals surface area contributed by atoms with Gasteiger partial charge in [-0.2, -0.15) is 11.8 Å². The molecular weight excluding hydrogens is 238 g/mol. The van der Waals surface area contributed by atoms with Crippen LogP contribution in [0.2, 0.25) is 0 Å². The highest BCUT2D eigenvalue weighted by atomic mass is 32.2. The van der Waals surface area contributed by atoms with Crippen molar-refractivity contribution in [3.8, 4) is 0 Å². The predicted molar refractivity (Wildman–Crippen MR) is 71.7 cm³/mol. The van der Waals surface area contributed by atoms with Crippen LogP contribution >= 0.6 is 23.5 Å². The van der Waals surface area contributed by atoms with Crippen LogP contribution in [-0.2, 0) is 0 Å². The molecule has 0 radical (unpaired) electrons. The molecular formula is C11H13N3S2. The molecule has 5 heteroatoms. The highest BCUT2D eigenvalue weighted by Gasteiger charge is 2.38. The van der Waals surface area contributed by atoms with Crippen LogP contribution in [0.3, 0.4) is 0 Å². The standard InChI is InChI=1S/C11H13N3S2/c1-11(13-14-12)10(15-7-8-16-11)9-5-3-2-4-6-9/h2-6,10H,7-8H2,1H3/t10-,11+/m0/s1. The Hall–Kier alpha value is -0.770. The lowest BCUT2D eigenvalue weighted by atomic mass is 10.1. The molecule has 3 nitrogen and oxygen atoms in total. The van der Waals surface area contributed by atoms with Gasteiger partial charge in [0.15, 0.2) is 0 Å². The van der Waals surface area contributed by atoms with Crippen LogP contribution in [0.5, 0.6) is 0 Å². The van der Waals surface area contributed by atoms with E-state index in [1.807, 2.05) is 36.9 Å². The van der Waals surface area contributed by atoms with Crippen molar-refractivity contribution in [3.63, 3.8) is 0 Å². The summed E-state index contributed by atoms with van der Waals surface area (Å²) in [5, 5.41) is 4.25. The van der Waals surface area contributed by atoms with Gasteiger partial charge in [-0.25, -0.2) is 0 Å². The van der Waals surface area contributed by atoms with Crippen molar-refractivity contribution in [1.29, 1.82) is 0 Å². The number of hydrogen-bond donors (Lipinski definition) is 0. The zero-order valence-electron chi connectivity index (χ0n) is 9.04. The van der Waals surface area contributed by atoms with Gasteiger partial charge in [-0.3, -0.25) is 0 Å². The molecule has 1 heterocycles. The van der Waals surface area contributed by atoms with Gasteiger partial charge < -0.3 is 0 Å². The van der Waals surface area contributed by atoms with Gasteiger partial charge in [0.1, 0.15) is 4.87 Å². The van der Waals surface area contributed by atoms with Gasteiger partial charge in [0.2, 0.25) is 0 Å². The molecule has 0 amide bonds.